The van der Waals surface area contributed by atoms with Crippen LogP contribution in [0.25, 0.3) is 5.69 Å². The van der Waals surface area contributed by atoms with Gasteiger partial charge in [0.05, 0.1) is 22.4 Å². The van der Waals surface area contributed by atoms with E-state index >= 15 is 0 Å². The average Bonchev–Trinajstić information content (AvgIpc) is 3.26. The highest BCUT2D eigenvalue weighted by molar-refractivity contribution is 8.00. The van der Waals surface area contributed by atoms with Crippen LogP contribution in [0, 0.1) is 18.6 Å². The zero-order chi connectivity index (χ0) is 29.3. The largest absolute Gasteiger partial charge is 0.350 e. The molecule has 1 aromatic heterocycles. The summed E-state index contributed by atoms with van der Waals surface area (Å²) in [5, 5.41) is 7.52. The number of anilines is 1. The molecule has 1 atom stereocenters. The summed E-state index contributed by atoms with van der Waals surface area (Å²) in [6.45, 7) is 8.10. The number of carbonyl (C=O) groups is 2. The van der Waals surface area contributed by atoms with Crippen LogP contribution in [-0.2, 0) is 21.5 Å². The molecule has 3 aromatic carbocycles. The van der Waals surface area contributed by atoms with Crippen LogP contribution in [0.3, 0.4) is 0 Å². The molecule has 6 nitrogen and oxygen atoms in total. The molecule has 9 heteroatoms. The summed E-state index contributed by atoms with van der Waals surface area (Å²) in [4.78, 5) is 28.5. The molecular formula is C32H32F2N4O2S. The predicted molar refractivity (Wildman–Crippen MR) is 158 cm³/mol. The number of hydrogen-bond donors (Lipinski definition) is 1. The Kier molecular flexibility index (Phi) is 8.00. The van der Waals surface area contributed by atoms with E-state index in [4.69, 9.17) is 5.10 Å². The summed E-state index contributed by atoms with van der Waals surface area (Å²) in [6.07, 6.45) is 0. The van der Waals surface area contributed by atoms with E-state index in [1.54, 1.807) is 22.9 Å². The molecule has 5 rings (SSSR count). The number of aromatic nitrogens is 2. The zero-order valence-corrected chi connectivity index (χ0v) is 24.3. The van der Waals surface area contributed by atoms with Gasteiger partial charge in [0, 0.05) is 17.5 Å². The van der Waals surface area contributed by atoms with Crippen molar-refractivity contribution in [1.29, 1.82) is 0 Å². The fourth-order valence-corrected chi connectivity index (χ4v) is 6.14. The van der Waals surface area contributed by atoms with Crippen molar-refractivity contribution >= 4 is 29.4 Å². The van der Waals surface area contributed by atoms with E-state index in [-0.39, 0.29) is 47.5 Å². The van der Waals surface area contributed by atoms with Crippen molar-refractivity contribution in [3.05, 3.63) is 112 Å². The van der Waals surface area contributed by atoms with Gasteiger partial charge in [-0.3, -0.25) is 14.5 Å². The number of amides is 2. The van der Waals surface area contributed by atoms with Crippen LogP contribution in [0.4, 0.5) is 14.6 Å². The number of aryl methyl sites for hydroxylation is 1. The van der Waals surface area contributed by atoms with Crippen LogP contribution in [0.5, 0.6) is 0 Å². The molecule has 0 radical (unpaired) electrons. The van der Waals surface area contributed by atoms with Crippen LogP contribution in [0.2, 0.25) is 0 Å². The topological polar surface area (TPSA) is 67.2 Å². The molecule has 0 saturated heterocycles. The van der Waals surface area contributed by atoms with Crippen molar-refractivity contribution in [2.75, 3.05) is 17.2 Å². The highest BCUT2D eigenvalue weighted by atomic mass is 32.2. The Balaban J connectivity index is 1.64. The quantitative estimate of drug-likeness (QED) is 0.296. The van der Waals surface area contributed by atoms with Gasteiger partial charge < -0.3 is 5.32 Å². The molecule has 0 unspecified atom stereocenters. The van der Waals surface area contributed by atoms with Crippen molar-refractivity contribution in [3.63, 3.8) is 0 Å². The number of fused-ring (bicyclic) bond motifs is 1. The van der Waals surface area contributed by atoms with Crippen molar-refractivity contribution in [2.24, 2.45) is 0 Å². The zero-order valence-electron chi connectivity index (χ0n) is 23.4. The van der Waals surface area contributed by atoms with E-state index in [2.05, 4.69) is 26.1 Å². The Morgan fingerprint density at radius 3 is 2.44 bits per heavy atom. The van der Waals surface area contributed by atoms with E-state index in [9.17, 15) is 18.4 Å². The second-order valence-electron chi connectivity index (χ2n) is 11.2. The highest BCUT2D eigenvalue weighted by Crippen LogP contribution is 2.48. The number of nitrogens with one attached hydrogen (secondary N) is 1. The second-order valence-corrected chi connectivity index (χ2v) is 12.3. The normalized spacial score (nSPS) is 15.4. The van der Waals surface area contributed by atoms with Gasteiger partial charge in [-0.1, -0.05) is 57.2 Å². The minimum atomic E-state index is -0.421. The van der Waals surface area contributed by atoms with Crippen molar-refractivity contribution in [2.45, 2.75) is 44.9 Å². The Morgan fingerprint density at radius 2 is 1.76 bits per heavy atom. The molecule has 1 aliphatic rings. The van der Waals surface area contributed by atoms with Crippen molar-refractivity contribution in [1.82, 2.24) is 15.1 Å². The lowest BCUT2D eigenvalue weighted by Gasteiger charge is -2.24. The number of benzene rings is 3. The lowest BCUT2D eigenvalue weighted by atomic mass is 9.87. The summed E-state index contributed by atoms with van der Waals surface area (Å²) in [6, 6.07) is 20.1. The lowest BCUT2D eigenvalue weighted by Crippen LogP contribution is -2.42. The van der Waals surface area contributed by atoms with Crippen LogP contribution in [0.15, 0.2) is 72.8 Å². The van der Waals surface area contributed by atoms with Gasteiger partial charge in [-0.2, -0.15) is 5.10 Å². The fraction of sp³-hybridized carbons (Fsp3) is 0.281. The number of halogens is 2. The molecular weight excluding hydrogens is 542 g/mol. The van der Waals surface area contributed by atoms with Gasteiger partial charge in [-0.05, 0) is 60.0 Å². The lowest BCUT2D eigenvalue weighted by molar-refractivity contribution is -0.123. The molecule has 0 saturated carbocycles. The molecule has 212 valence electrons. The first-order valence-electron chi connectivity index (χ1n) is 13.4. The summed E-state index contributed by atoms with van der Waals surface area (Å²) in [7, 11) is 0. The third kappa shape index (κ3) is 6.20. The van der Waals surface area contributed by atoms with Gasteiger partial charge in [-0.25, -0.2) is 13.5 Å². The standard InChI is InChI=1S/C32H32F2N4O2S/c1-20-7-5-10-25(15-20)38-31-28(30(36-38)32(2,3)4)29(22-8-6-9-24(34)16-22)41-19-27(40)37(31)18-26(39)35-17-21-11-13-23(33)14-12-21/h5-16,29H,17-19H2,1-4H3,(H,35,39)/t29-/m0/s1. The summed E-state index contributed by atoms with van der Waals surface area (Å²) >= 11 is 1.40. The monoisotopic (exact) mass is 574 g/mol. The molecule has 41 heavy (non-hydrogen) atoms. The average molecular weight is 575 g/mol. The maximum absolute atomic E-state index is 14.4. The van der Waals surface area contributed by atoms with Gasteiger partial charge in [0.1, 0.15) is 24.0 Å². The highest BCUT2D eigenvalue weighted by Gasteiger charge is 2.40. The first-order chi connectivity index (χ1) is 19.5. The molecule has 4 aromatic rings. The van der Waals surface area contributed by atoms with E-state index in [0.717, 1.165) is 33.6 Å². The van der Waals surface area contributed by atoms with E-state index in [0.29, 0.717) is 5.82 Å². The van der Waals surface area contributed by atoms with Crippen LogP contribution in [-0.4, -0.2) is 33.9 Å². The number of carbonyl (C=O) groups excluding carboxylic acids is 2. The molecule has 0 bridgehead atoms. The van der Waals surface area contributed by atoms with Crippen LogP contribution >= 0.6 is 11.8 Å². The first kappa shape index (κ1) is 28.5. The summed E-state index contributed by atoms with van der Waals surface area (Å²) in [5.41, 5.74) is 4.36. The number of rotatable bonds is 6. The van der Waals surface area contributed by atoms with Crippen LogP contribution in [0.1, 0.15) is 54.0 Å². The molecule has 1 N–H and O–H groups in total. The molecule has 2 heterocycles. The molecule has 0 aliphatic carbocycles. The summed E-state index contributed by atoms with van der Waals surface area (Å²) < 4.78 is 29.5. The first-order valence-corrected chi connectivity index (χ1v) is 14.4. The SMILES string of the molecule is Cc1cccc(-n2nc(C(C)(C)C)c3c2N(CC(=O)NCc2ccc(F)cc2)C(=O)CS[C@H]3c2cccc(F)c2)c1. The van der Waals surface area contributed by atoms with Gasteiger partial charge >= 0.3 is 0 Å². The van der Waals surface area contributed by atoms with Gasteiger partial charge in [0.15, 0.2) is 0 Å². The van der Waals surface area contributed by atoms with Crippen LogP contribution < -0.4 is 10.2 Å². The number of thioether (sulfide) groups is 1. The maximum Gasteiger partial charge on any atom is 0.240 e. The Morgan fingerprint density at radius 1 is 1.02 bits per heavy atom. The van der Waals surface area contributed by atoms with E-state index < -0.39 is 5.41 Å². The minimum Gasteiger partial charge on any atom is -0.350 e. The maximum atomic E-state index is 14.4. The predicted octanol–water partition coefficient (Wildman–Crippen LogP) is 6.24. The van der Waals surface area contributed by atoms with Gasteiger partial charge in [0.2, 0.25) is 11.8 Å². The number of nitrogens with zero attached hydrogens (tertiary/aromatic N) is 3. The third-order valence-electron chi connectivity index (χ3n) is 6.90. The fourth-order valence-electron chi connectivity index (χ4n) is 4.95. The molecule has 0 fully saturated rings. The minimum absolute atomic E-state index is 0.0957. The van der Waals surface area contributed by atoms with E-state index in [1.165, 1.54) is 40.9 Å². The van der Waals surface area contributed by atoms with E-state index in [1.807, 2.05) is 37.3 Å². The molecule has 0 spiro atoms. The Hall–Kier alpha value is -3.98. The number of hydrogen-bond acceptors (Lipinski definition) is 4. The third-order valence-corrected chi connectivity index (χ3v) is 8.16. The van der Waals surface area contributed by atoms with Gasteiger partial charge in [0.25, 0.3) is 0 Å². The Bertz CT molecular complexity index is 1590. The molecule has 2 amide bonds. The van der Waals surface area contributed by atoms with Crippen molar-refractivity contribution < 1.29 is 18.4 Å². The smallest absolute Gasteiger partial charge is 0.240 e. The Labute approximate surface area is 242 Å². The summed E-state index contributed by atoms with van der Waals surface area (Å²) in [5.74, 6) is -0.730. The molecule has 1 aliphatic heterocycles. The van der Waals surface area contributed by atoms with Crippen molar-refractivity contribution in [3.8, 4) is 5.69 Å². The van der Waals surface area contributed by atoms with Gasteiger partial charge in [-0.15, -0.1) is 11.8 Å². The second kappa shape index (κ2) is 11.5.